The lowest BCUT2D eigenvalue weighted by molar-refractivity contribution is -0.128. The molecule has 0 saturated carbocycles. The molecule has 0 aromatic heterocycles. The molecule has 1 saturated heterocycles. The molecular weight excluding hydrogens is 328 g/mol. The molecule has 0 aliphatic carbocycles. The van der Waals surface area contributed by atoms with Crippen molar-refractivity contribution in [1.29, 1.82) is 0 Å². The second kappa shape index (κ2) is 7.72. The zero-order chi connectivity index (χ0) is 18.6. The maximum atomic E-state index is 12.2. The first-order valence-electron chi connectivity index (χ1n) is 8.50. The molecule has 1 rings (SSSR count). The second-order valence-corrected chi connectivity index (χ2v) is 10.2. The normalized spacial score (nSPS) is 20.6. The van der Waals surface area contributed by atoms with Gasteiger partial charge < -0.3 is 15.5 Å². The van der Waals surface area contributed by atoms with Gasteiger partial charge in [-0.2, -0.15) is 0 Å². The minimum atomic E-state index is -3.10. The van der Waals surface area contributed by atoms with E-state index in [0.29, 0.717) is 38.7 Å². The molecule has 8 heteroatoms. The van der Waals surface area contributed by atoms with Gasteiger partial charge in [0.15, 0.2) is 15.8 Å². The fraction of sp³-hybridized carbons (Fsp3) is 0.875. The van der Waals surface area contributed by atoms with Crippen LogP contribution < -0.4 is 10.6 Å². The molecule has 7 nitrogen and oxygen atoms in total. The number of sulfone groups is 1. The van der Waals surface area contributed by atoms with E-state index in [0.717, 1.165) is 0 Å². The van der Waals surface area contributed by atoms with Gasteiger partial charge in [0.25, 0.3) is 0 Å². The highest BCUT2D eigenvalue weighted by atomic mass is 32.2. The number of hydrogen-bond donors (Lipinski definition) is 2. The van der Waals surface area contributed by atoms with Crippen molar-refractivity contribution < 1.29 is 13.2 Å². The van der Waals surface area contributed by atoms with Crippen molar-refractivity contribution in [3.8, 4) is 0 Å². The fourth-order valence-corrected chi connectivity index (χ4v) is 3.86. The molecule has 140 valence electrons. The molecule has 0 bridgehead atoms. The van der Waals surface area contributed by atoms with Gasteiger partial charge in [0.05, 0.1) is 22.5 Å². The molecular formula is C16H32N4O3S. The maximum Gasteiger partial charge on any atom is 0.227 e. The highest BCUT2D eigenvalue weighted by Gasteiger charge is 2.41. The Kier molecular flexibility index (Phi) is 6.67. The molecule has 0 radical (unpaired) electrons. The van der Waals surface area contributed by atoms with E-state index in [4.69, 9.17) is 0 Å². The zero-order valence-corrected chi connectivity index (χ0v) is 16.6. The highest BCUT2D eigenvalue weighted by Crippen LogP contribution is 2.24. The van der Waals surface area contributed by atoms with E-state index in [2.05, 4.69) is 15.6 Å². The summed E-state index contributed by atoms with van der Waals surface area (Å²) >= 11 is 0. The van der Waals surface area contributed by atoms with Gasteiger partial charge in [-0.25, -0.2) is 8.42 Å². The maximum absolute atomic E-state index is 12.2. The molecule has 1 fully saturated rings. The highest BCUT2D eigenvalue weighted by molar-refractivity contribution is 7.92. The number of carbonyl (C=O) groups excluding carboxylic acids is 1. The fourth-order valence-electron chi connectivity index (χ4n) is 2.49. The topological polar surface area (TPSA) is 90.9 Å². The molecule has 0 aromatic rings. The Hall–Kier alpha value is -1.31. The predicted octanol–water partition coefficient (Wildman–Crippen LogP) is 0.623. The van der Waals surface area contributed by atoms with Gasteiger partial charge in [0.2, 0.25) is 5.91 Å². The van der Waals surface area contributed by atoms with E-state index in [1.165, 1.54) is 0 Å². The number of amides is 1. The summed E-state index contributed by atoms with van der Waals surface area (Å²) in [6.45, 7) is 13.5. The van der Waals surface area contributed by atoms with Gasteiger partial charge in [-0.3, -0.25) is 9.79 Å². The lowest BCUT2D eigenvalue weighted by Crippen LogP contribution is -2.57. The summed E-state index contributed by atoms with van der Waals surface area (Å²) < 4.78 is 23.5. The summed E-state index contributed by atoms with van der Waals surface area (Å²) in [6.07, 6.45) is 0. The van der Waals surface area contributed by atoms with E-state index in [9.17, 15) is 13.2 Å². The largest absolute Gasteiger partial charge is 0.357 e. The average molecular weight is 361 g/mol. The van der Waals surface area contributed by atoms with Crippen LogP contribution in [0.2, 0.25) is 0 Å². The minimum Gasteiger partial charge on any atom is -0.357 e. The number of nitrogens with one attached hydrogen (secondary N) is 2. The zero-order valence-electron chi connectivity index (χ0n) is 15.8. The number of hydrogen-bond acceptors (Lipinski definition) is 4. The molecule has 0 spiro atoms. The summed E-state index contributed by atoms with van der Waals surface area (Å²) in [5, 5.41) is 6.03. The Balaban J connectivity index is 2.93. The van der Waals surface area contributed by atoms with E-state index >= 15 is 0 Å². The first kappa shape index (κ1) is 20.7. The third-order valence-corrected chi connectivity index (χ3v) is 6.79. The third-order valence-electron chi connectivity index (χ3n) is 4.25. The molecule has 24 heavy (non-hydrogen) atoms. The van der Waals surface area contributed by atoms with Crippen molar-refractivity contribution in [3.63, 3.8) is 0 Å². The second-order valence-electron chi connectivity index (χ2n) is 7.41. The molecule has 1 heterocycles. The average Bonchev–Trinajstić information content (AvgIpc) is 2.46. The monoisotopic (exact) mass is 360 g/mol. The van der Waals surface area contributed by atoms with Gasteiger partial charge in [-0.05, 0) is 41.5 Å². The van der Waals surface area contributed by atoms with Crippen LogP contribution >= 0.6 is 0 Å². The number of rotatable bonds is 5. The van der Waals surface area contributed by atoms with Crippen molar-refractivity contribution in [3.05, 3.63) is 0 Å². The Labute approximate surface area is 146 Å². The van der Waals surface area contributed by atoms with Gasteiger partial charge in [0.1, 0.15) is 0 Å². The first-order valence-corrected chi connectivity index (χ1v) is 10.2. The van der Waals surface area contributed by atoms with Gasteiger partial charge in [0, 0.05) is 26.2 Å². The predicted molar refractivity (Wildman–Crippen MR) is 97.9 cm³/mol. The Morgan fingerprint density at radius 2 is 1.79 bits per heavy atom. The summed E-state index contributed by atoms with van der Waals surface area (Å²) in [5.41, 5.74) is -0.617. The van der Waals surface area contributed by atoms with Crippen LogP contribution in [0.5, 0.6) is 0 Å². The van der Waals surface area contributed by atoms with Gasteiger partial charge >= 0.3 is 0 Å². The summed E-state index contributed by atoms with van der Waals surface area (Å²) in [5.74, 6) is 0.744. The van der Waals surface area contributed by atoms with Crippen molar-refractivity contribution in [2.75, 3.05) is 38.5 Å². The molecule has 0 atom stereocenters. The van der Waals surface area contributed by atoms with Crippen LogP contribution in [0.1, 0.15) is 41.5 Å². The smallest absolute Gasteiger partial charge is 0.227 e. The van der Waals surface area contributed by atoms with E-state index < -0.39 is 20.0 Å². The lowest BCUT2D eigenvalue weighted by atomic mass is 9.92. The van der Waals surface area contributed by atoms with Crippen molar-refractivity contribution in [2.45, 2.75) is 46.3 Å². The molecule has 0 unspecified atom stereocenters. The standard InChI is InChI=1S/C16H32N4O3S/c1-7-17-13(21)15(3,4)11-19-14(18-8-2)20-9-10-24(22,23)16(5,6)12-20/h7-12H2,1-6H3,(H,17,21)(H,18,19). The minimum absolute atomic E-state index is 0.0360. The molecule has 2 N–H and O–H groups in total. The lowest BCUT2D eigenvalue weighted by Gasteiger charge is -2.39. The SMILES string of the molecule is CCNC(=O)C(C)(C)CN=C(NCC)N1CCS(=O)(=O)C(C)(C)C1. The number of aliphatic imine (C=N–C) groups is 1. The molecule has 1 aliphatic heterocycles. The summed E-state index contributed by atoms with van der Waals surface area (Å²) in [7, 11) is -3.10. The van der Waals surface area contributed by atoms with Crippen LogP contribution in [-0.2, 0) is 14.6 Å². The van der Waals surface area contributed by atoms with Crippen LogP contribution in [0, 0.1) is 5.41 Å². The van der Waals surface area contributed by atoms with Gasteiger partial charge in [-0.1, -0.05) is 0 Å². The third kappa shape index (κ3) is 4.84. The Morgan fingerprint density at radius 1 is 1.21 bits per heavy atom. The van der Waals surface area contributed by atoms with Crippen LogP contribution in [0.25, 0.3) is 0 Å². The molecule has 1 amide bonds. The van der Waals surface area contributed by atoms with E-state index in [1.807, 2.05) is 32.6 Å². The number of nitrogens with zero attached hydrogens (tertiary/aromatic N) is 2. The van der Waals surface area contributed by atoms with E-state index in [1.54, 1.807) is 13.8 Å². The summed E-state index contributed by atoms with van der Waals surface area (Å²) in [4.78, 5) is 18.7. The summed E-state index contributed by atoms with van der Waals surface area (Å²) in [6, 6.07) is 0. The first-order chi connectivity index (χ1) is 11.0. The van der Waals surface area contributed by atoms with Crippen molar-refractivity contribution in [1.82, 2.24) is 15.5 Å². The Morgan fingerprint density at radius 3 is 2.29 bits per heavy atom. The van der Waals surface area contributed by atoms with Crippen LogP contribution in [0.3, 0.4) is 0 Å². The quantitative estimate of drug-likeness (QED) is 0.554. The van der Waals surface area contributed by atoms with Crippen LogP contribution in [-0.4, -0.2) is 68.4 Å². The van der Waals surface area contributed by atoms with Crippen LogP contribution in [0.15, 0.2) is 4.99 Å². The number of guanidine groups is 1. The van der Waals surface area contributed by atoms with Crippen molar-refractivity contribution >= 4 is 21.7 Å². The van der Waals surface area contributed by atoms with Crippen LogP contribution in [0.4, 0.5) is 0 Å². The molecule has 1 aliphatic rings. The Bertz CT molecular complexity index is 582. The van der Waals surface area contributed by atoms with E-state index in [-0.39, 0.29) is 11.7 Å². The molecule has 0 aromatic carbocycles. The van der Waals surface area contributed by atoms with Gasteiger partial charge in [-0.15, -0.1) is 0 Å². The number of carbonyl (C=O) groups is 1. The van der Waals surface area contributed by atoms with Crippen molar-refractivity contribution in [2.24, 2.45) is 10.4 Å².